The summed E-state index contributed by atoms with van der Waals surface area (Å²) in [4.78, 5) is 27.5. The van der Waals surface area contributed by atoms with Crippen molar-refractivity contribution in [2.45, 2.75) is 26.5 Å². The van der Waals surface area contributed by atoms with E-state index in [4.69, 9.17) is 20.9 Å². The fourth-order valence-electron chi connectivity index (χ4n) is 2.12. The van der Waals surface area contributed by atoms with Crippen LogP contribution < -0.4 is 4.87 Å². The smallest absolute Gasteiger partial charge is 0.308 e. The molecule has 0 unspecified atom stereocenters. The monoisotopic (exact) mass is 379 g/mol. The molecule has 0 N–H and O–H groups in total. The molecule has 3 rings (SSSR count). The summed E-state index contributed by atoms with van der Waals surface area (Å²) in [5, 5.41) is 6.21. The fourth-order valence-corrected chi connectivity index (χ4v) is 3.01. The minimum atomic E-state index is -0.441. The molecule has 0 aliphatic heterocycles. The molecule has 2 aromatic heterocycles. The van der Waals surface area contributed by atoms with E-state index in [1.54, 1.807) is 29.6 Å². The molecule has 0 saturated heterocycles. The van der Waals surface area contributed by atoms with Crippen molar-refractivity contribution in [3.05, 3.63) is 55.9 Å². The second-order valence-electron chi connectivity index (χ2n) is 5.22. The lowest BCUT2D eigenvalue weighted by Crippen LogP contribution is -2.17. The van der Waals surface area contributed by atoms with Gasteiger partial charge in [0, 0.05) is 28.2 Å². The van der Waals surface area contributed by atoms with Crippen LogP contribution in [-0.4, -0.2) is 20.7 Å². The number of esters is 1. The number of hydrogen-bond acceptors (Lipinski definition) is 7. The van der Waals surface area contributed by atoms with Crippen LogP contribution in [0.1, 0.15) is 18.0 Å². The van der Waals surface area contributed by atoms with E-state index in [9.17, 15) is 9.59 Å². The maximum absolute atomic E-state index is 11.8. The van der Waals surface area contributed by atoms with Crippen LogP contribution in [0.5, 0.6) is 0 Å². The van der Waals surface area contributed by atoms with Crippen molar-refractivity contribution >= 4 is 28.9 Å². The van der Waals surface area contributed by atoms with Crippen LogP contribution in [0.15, 0.2) is 39.0 Å². The third kappa shape index (κ3) is 4.34. The van der Waals surface area contributed by atoms with Crippen molar-refractivity contribution < 1.29 is 14.1 Å². The van der Waals surface area contributed by atoms with Gasteiger partial charge in [-0.15, -0.1) is 0 Å². The van der Waals surface area contributed by atoms with Crippen LogP contribution >= 0.6 is 22.9 Å². The Labute approximate surface area is 151 Å². The van der Waals surface area contributed by atoms with Crippen LogP contribution in [-0.2, 0) is 22.7 Å². The molecule has 0 bridgehead atoms. The van der Waals surface area contributed by atoms with Gasteiger partial charge >= 0.3 is 10.8 Å². The zero-order valence-electron chi connectivity index (χ0n) is 13.3. The molecule has 2 heterocycles. The molecule has 0 atom stereocenters. The Kier molecular flexibility index (Phi) is 5.30. The summed E-state index contributed by atoms with van der Waals surface area (Å²) in [6.45, 7) is 1.99. The number of carbonyl (C=O) groups excluding carboxylic acids is 1. The topological polar surface area (TPSA) is 87.2 Å². The number of carbonyl (C=O) groups is 1. The molecule has 0 fully saturated rings. The molecule has 25 heavy (non-hydrogen) atoms. The molecule has 1 aromatic carbocycles. The zero-order chi connectivity index (χ0) is 17.8. The number of nitrogens with zero attached hydrogens (tertiary/aromatic N) is 3. The Hall–Kier alpha value is -2.45. The lowest BCUT2D eigenvalue weighted by Gasteiger charge is -2.04. The molecule has 130 valence electrons. The Balaban J connectivity index is 1.52. The van der Waals surface area contributed by atoms with E-state index in [2.05, 4.69) is 10.1 Å². The third-order valence-corrected chi connectivity index (χ3v) is 4.58. The number of rotatable bonds is 6. The zero-order valence-corrected chi connectivity index (χ0v) is 14.8. The summed E-state index contributed by atoms with van der Waals surface area (Å²) in [7, 11) is 0. The van der Waals surface area contributed by atoms with E-state index >= 15 is 0 Å². The first-order chi connectivity index (χ1) is 12.0. The van der Waals surface area contributed by atoms with Crippen LogP contribution in [0.4, 0.5) is 0 Å². The molecule has 0 saturated carbocycles. The van der Waals surface area contributed by atoms with E-state index in [0.29, 0.717) is 10.8 Å². The van der Waals surface area contributed by atoms with Crippen molar-refractivity contribution in [1.82, 2.24) is 14.7 Å². The van der Waals surface area contributed by atoms with Crippen molar-refractivity contribution in [2.75, 3.05) is 0 Å². The molecule has 7 nitrogen and oxygen atoms in total. The maximum Gasteiger partial charge on any atom is 0.308 e. The highest BCUT2D eigenvalue weighted by Gasteiger charge is 2.12. The molecule has 0 radical (unpaired) electrons. The summed E-state index contributed by atoms with van der Waals surface area (Å²) in [6, 6.07) is 6.98. The lowest BCUT2D eigenvalue weighted by molar-refractivity contribution is -0.146. The van der Waals surface area contributed by atoms with Crippen LogP contribution in [0.25, 0.3) is 11.4 Å². The van der Waals surface area contributed by atoms with Gasteiger partial charge in [-0.05, 0) is 31.2 Å². The molecule has 0 amide bonds. The van der Waals surface area contributed by atoms with Gasteiger partial charge in [0.2, 0.25) is 5.82 Å². The highest BCUT2D eigenvalue weighted by atomic mass is 35.5. The molecule has 0 aliphatic rings. The predicted octanol–water partition coefficient (Wildman–Crippen LogP) is 3.06. The molecular formula is C16H14ClN3O4S. The van der Waals surface area contributed by atoms with Crippen molar-refractivity contribution in [2.24, 2.45) is 0 Å². The number of hydrogen-bond donors (Lipinski definition) is 0. The second kappa shape index (κ2) is 7.62. The number of aromatic nitrogens is 3. The standard InChI is InChI=1S/C16H14ClN3O4S/c1-10-9-25-16(22)20(10)7-6-14(21)23-8-13-18-15(19-24-13)11-2-4-12(17)5-3-11/h2-5,9H,6-8H2,1H3. The average Bonchev–Trinajstić information content (AvgIpc) is 3.19. The Morgan fingerprint density at radius 2 is 2.12 bits per heavy atom. The van der Waals surface area contributed by atoms with Gasteiger partial charge in [0.25, 0.3) is 5.89 Å². The predicted molar refractivity (Wildman–Crippen MR) is 92.5 cm³/mol. The highest BCUT2D eigenvalue weighted by molar-refractivity contribution is 7.07. The minimum Gasteiger partial charge on any atom is -0.456 e. The van der Waals surface area contributed by atoms with Gasteiger partial charge in [-0.1, -0.05) is 28.1 Å². The van der Waals surface area contributed by atoms with Gasteiger partial charge in [0.05, 0.1) is 6.42 Å². The SMILES string of the molecule is Cc1csc(=O)n1CCC(=O)OCc1nc(-c2ccc(Cl)cc2)no1. The first-order valence-corrected chi connectivity index (χ1v) is 8.68. The van der Waals surface area contributed by atoms with E-state index < -0.39 is 5.97 Å². The quantitative estimate of drug-likeness (QED) is 0.612. The van der Waals surface area contributed by atoms with Gasteiger partial charge in [-0.2, -0.15) is 4.98 Å². The summed E-state index contributed by atoms with van der Waals surface area (Å²) >= 11 is 6.94. The average molecular weight is 380 g/mol. The van der Waals surface area contributed by atoms with Gasteiger partial charge in [-0.3, -0.25) is 9.59 Å². The molecular weight excluding hydrogens is 366 g/mol. The van der Waals surface area contributed by atoms with Gasteiger partial charge < -0.3 is 13.8 Å². The first-order valence-electron chi connectivity index (χ1n) is 7.42. The number of halogens is 1. The first kappa shape index (κ1) is 17.4. The van der Waals surface area contributed by atoms with Gasteiger partial charge in [0.15, 0.2) is 6.61 Å². The Morgan fingerprint density at radius 1 is 1.36 bits per heavy atom. The van der Waals surface area contributed by atoms with E-state index in [-0.39, 0.29) is 30.3 Å². The molecule has 9 heteroatoms. The normalized spacial score (nSPS) is 10.8. The van der Waals surface area contributed by atoms with Crippen LogP contribution in [0, 0.1) is 6.92 Å². The van der Waals surface area contributed by atoms with Crippen molar-refractivity contribution in [1.29, 1.82) is 0 Å². The molecule has 0 aliphatic carbocycles. The Bertz CT molecular complexity index is 930. The number of thiazole rings is 1. The summed E-state index contributed by atoms with van der Waals surface area (Å²) in [5.41, 5.74) is 1.57. The van der Waals surface area contributed by atoms with Crippen molar-refractivity contribution in [3.8, 4) is 11.4 Å². The number of aryl methyl sites for hydroxylation is 1. The largest absolute Gasteiger partial charge is 0.456 e. The van der Waals surface area contributed by atoms with Gasteiger partial charge in [0.1, 0.15) is 0 Å². The van der Waals surface area contributed by atoms with Gasteiger partial charge in [-0.25, -0.2) is 0 Å². The summed E-state index contributed by atoms with van der Waals surface area (Å²) in [6.07, 6.45) is 0.0929. The number of ether oxygens (including phenoxy) is 1. The highest BCUT2D eigenvalue weighted by Crippen LogP contribution is 2.18. The summed E-state index contributed by atoms with van der Waals surface area (Å²) < 4.78 is 11.7. The lowest BCUT2D eigenvalue weighted by atomic mass is 10.2. The van der Waals surface area contributed by atoms with E-state index in [1.165, 1.54) is 4.57 Å². The molecule has 3 aromatic rings. The van der Waals surface area contributed by atoms with E-state index in [0.717, 1.165) is 22.6 Å². The van der Waals surface area contributed by atoms with E-state index in [1.807, 2.05) is 6.92 Å². The molecule has 0 spiro atoms. The second-order valence-corrected chi connectivity index (χ2v) is 6.48. The Morgan fingerprint density at radius 3 is 2.80 bits per heavy atom. The summed E-state index contributed by atoms with van der Waals surface area (Å²) in [5.74, 6) is 0.147. The third-order valence-electron chi connectivity index (χ3n) is 3.44. The fraction of sp³-hybridized carbons (Fsp3) is 0.250. The number of benzene rings is 1. The minimum absolute atomic E-state index is 0.0881. The van der Waals surface area contributed by atoms with Crippen LogP contribution in [0.3, 0.4) is 0 Å². The van der Waals surface area contributed by atoms with Crippen molar-refractivity contribution in [3.63, 3.8) is 0 Å². The van der Waals surface area contributed by atoms with Crippen LogP contribution in [0.2, 0.25) is 5.02 Å². The maximum atomic E-state index is 11.8.